The summed E-state index contributed by atoms with van der Waals surface area (Å²) in [6.07, 6.45) is 4.66. The standard InChI is InChI=1S/C13H17N5/c1-10-16-17-13(6-12-7-15-8-12)18(10)9-11-2-4-14-5-3-11/h2-5,12,15H,6-9H2,1H3. The van der Waals surface area contributed by atoms with E-state index in [1.165, 1.54) is 5.56 Å². The summed E-state index contributed by atoms with van der Waals surface area (Å²) in [5, 5.41) is 11.8. The minimum atomic E-state index is 0.713. The van der Waals surface area contributed by atoms with Gasteiger partial charge in [0.1, 0.15) is 11.6 Å². The lowest BCUT2D eigenvalue weighted by molar-refractivity contribution is 0.337. The van der Waals surface area contributed by atoms with E-state index in [-0.39, 0.29) is 0 Å². The molecule has 2 aromatic rings. The summed E-state index contributed by atoms with van der Waals surface area (Å²) in [7, 11) is 0. The minimum absolute atomic E-state index is 0.713. The molecule has 94 valence electrons. The van der Waals surface area contributed by atoms with Crippen molar-refractivity contribution < 1.29 is 0 Å². The lowest BCUT2D eigenvalue weighted by Crippen LogP contribution is -2.43. The summed E-state index contributed by atoms with van der Waals surface area (Å²) in [6.45, 7) is 5.04. The van der Waals surface area contributed by atoms with Crippen LogP contribution in [0.3, 0.4) is 0 Å². The largest absolute Gasteiger partial charge is 0.316 e. The molecule has 1 N–H and O–H groups in total. The van der Waals surface area contributed by atoms with Crippen molar-refractivity contribution in [2.24, 2.45) is 5.92 Å². The highest BCUT2D eigenvalue weighted by atomic mass is 15.3. The molecular weight excluding hydrogens is 226 g/mol. The Morgan fingerprint density at radius 1 is 1.28 bits per heavy atom. The van der Waals surface area contributed by atoms with Gasteiger partial charge in [0.05, 0.1) is 6.54 Å². The second-order valence-electron chi connectivity index (χ2n) is 4.83. The summed E-state index contributed by atoms with van der Waals surface area (Å²) in [6, 6.07) is 4.07. The molecule has 0 unspecified atom stereocenters. The third-order valence-electron chi connectivity index (χ3n) is 3.44. The molecule has 0 atom stereocenters. The van der Waals surface area contributed by atoms with E-state index in [9.17, 15) is 0 Å². The molecular formula is C13H17N5. The molecule has 5 nitrogen and oxygen atoms in total. The highest BCUT2D eigenvalue weighted by Gasteiger charge is 2.20. The van der Waals surface area contributed by atoms with Crippen LogP contribution in [0.1, 0.15) is 17.2 Å². The van der Waals surface area contributed by atoms with Gasteiger partial charge in [-0.25, -0.2) is 0 Å². The SMILES string of the molecule is Cc1nnc(CC2CNC2)n1Cc1ccncc1. The van der Waals surface area contributed by atoms with Crippen molar-refractivity contribution in [1.82, 2.24) is 25.1 Å². The third-order valence-corrected chi connectivity index (χ3v) is 3.44. The van der Waals surface area contributed by atoms with Gasteiger partial charge in [-0.2, -0.15) is 0 Å². The van der Waals surface area contributed by atoms with E-state index in [1.54, 1.807) is 0 Å². The fraction of sp³-hybridized carbons (Fsp3) is 0.462. The second-order valence-corrected chi connectivity index (χ2v) is 4.83. The Morgan fingerprint density at radius 3 is 2.72 bits per heavy atom. The number of pyridine rings is 1. The number of aromatic nitrogens is 4. The van der Waals surface area contributed by atoms with Crippen molar-refractivity contribution in [2.45, 2.75) is 19.9 Å². The molecule has 1 aliphatic heterocycles. The first-order chi connectivity index (χ1) is 8.83. The summed E-state index contributed by atoms with van der Waals surface area (Å²) >= 11 is 0. The van der Waals surface area contributed by atoms with Gasteiger partial charge in [-0.3, -0.25) is 4.98 Å². The van der Waals surface area contributed by atoms with Crippen LogP contribution >= 0.6 is 0 Å². The monoisotopic (exact) mass is 243 g/mol. The zero-order chi connectivity index (χ0) is 12.4. The van der Waals surface area contributed by atoms with Gasteiger partial charge in [0.25, 0.3) is 0 Å². The Balaban J connectivity index is 1.79. The van der Waals surface area contributed by atoms with Crippen molar-refractivity contribution >= 4 is 0 Å². The van der Waals surface area contributed by atoms with Crippen LogP contribution in [0.25, 0.3) is 0 Å². The summed E-state index contributed by atoms with van der Waals surface area (Å²) in [4.78, 5) is 4.04. The van der Waals surface area contributed by atoms with Gasteiger partial charge in [0.15, 0.2) is 0 Å². The first-order valence-electron chi connectivity index (χ1n) is 6.31. The highest BCUT2D eigenvalue weighted by molar-refractivity contribution is 5.12. The van der Waals surface area contributed by atoms with E-state index < -0.39 is 0 Å². The number of nitrogens with one attached hydrogen (secondary N) is 1. The van der Waals surface area contributed by atoms with E-state index >= 15 is 0 Å². The van der Waals surface area contributed by atoms with Crippen molar-refractivity contribution in [2.75, 3.05) is 13.1 Å². The van der Waals surface area contributed by atoms with E-state index in [0.29, 0.717) is 5.92 Å². The molecule has 0 saturated carbocycles. The molecule has 1 aliphatic rings. The van der Waals surface area contributed by atoms with Gasteiger partial charge in [-0.05, 0) is 43.6 Å². The number of nitrogens with zero attached hydrogens (tertiary/aromatic N) is 4. The van der Waals surface area contributed by atoms with Crippen LogP contribution in [0, 0.1) is 12.8 Å². The Hall–Kier alpha value is -1.75. The smallest absolute Gasteiger partial charge is 0.133 e. The van der Waals surface area contributed by atoms with E-state index in [2.05, 4.69) is 25.1 Å². The Bertz CT molecular complexity index is 515. The number of rotatable bonds is 4. The van der Waals surface area contributed by atoms with Gasteiger partial charge >= 0.3 is 0 Å². The quantitative estimate of drug-likeness (QED) is 0.862. The molecule has 0 spiro atoms. The van der Waals surface area contributed by atoms with Crippen LogP contribution in [-0.4, -0.2) is 32.8 Å². The maximum absolute atomic E-state index is 4.30. The van der Waals surface area contributed by atoms with Crippen LogP contribution < -0.4 is 5.32 Å². The Labute approximate surface area is 106 Å². The normalized spacial score (nSPS) is 15.6. The molecule has 0 aromatic carbocycles. The predicted molar refractivity (Wildman–Crippen MR) is 68.2 cm³/mol. The first kappa shape index (κ1) is 11.3. The average Bonchev–Trinajstić information content (AvgIpc) is 2.67. The van der Waals surface area contributed by atoms with Crippen molar-refractivity contribution in [3.8, 4) is 0 Å². The molecule has 3 heterocycles. The van der Waals surface area contributed by atoms with Crippen molar-refractivity contribution in [3.05, 3.63) is 41.7 Å². The van der Waals surface area contributed by atoms with Gasteiger partial charge < -0.3 is 9.88 Å². The van der Waals surface area contributed by atoms with Crippen LogP contribution in [-0.2, 0) is 13.0 Å². The van der Waals surface area contributed by atoms with Crippen LogP contribution in [0.2, 0.25) is 0 Å². The molecule has 18 heavy (non-hydrogen) atoms. The highest BCUT2D eigenvalue weighted by Crippen LogP contribution is 2.13. The average molecular weight is 243 g/mol. The van der Waals surface area contributed by atoms with Gasteiger partial charge in [0, 0.05) is 18.8 Å². The molecule has 3 rings (SSSR count). The van der Waals surface area contributed by atoms with Crippen LogP contribution in [0.5, 0.6) is 0 Å². The maximum atomic E-state index is 4.30. The molecule has 0 amide bonds. The first-order valence-corrected chi connectivity index (χ1v) is 6.31. The Morgan fingerprint density at radius 2 is 2.06 bits per heavy atom. The summed E-state index contributed by atoms with van der Waals surface area (Å²) in [5.41, 5.74) is 1.24. The summed E-state index contributed by atoms with van der Waals surface area (Å²) < 4.78 is 2.20. The van der Waals surface area contributed by atoms with Gasteiger partial charge in [0.2, 0.25) is 0 Å². The topological polar surface area (TPSA) is 55.6 Å². The lowest BCUT2D eigenvalue weighted by Gasteiger charge is -2.26. The van der Waals surface area contributed by atoms with Crippen LogP contribution in [0.15, 0.2) is 24.5 Å². The van der Waals surface area contributed by atoms with Crippen molar-refractivity contribution in [1.29, 1.82) is 0 Å². The number of aryl methyl sites for hydroxylation is 1. The van der Waals surface area contributed by atoms with E-state index in [4.69, 9.17) is 0 Å². The van der Waals surface area contributed by atoms with Crippen LogP contribution in [0.4, 0.5) is 0 Å². The molecule has 1 fully saturated rings. The number of hydrogen-bond donors (Lipinski definition) is 1. The van der Waals surface area contributed by atoms with Gasteiger partial charge in [-0.1, -0.05) is 0 Å². The predicted octanol–water partition coefficient (Wildman–Crippen LogP) is 0.792. The van der Waals surface area contributed by atoms with E-state index in [0.717, 1.165) is 37.7 Å². The molecule has 0 aliphatic carbocycles. The molecule has 0 bridgehead atoms. The Kier molecular flexibility index (Phi) is 3.06. The second kappa shape index (κ2) is 4.86. The van der Waals surface area contributed by atoms with E-state index in [1.807, 2.05) is 31.5 Å². The molecule has 5 heteroatoms. The van der Waals surface area contributed by atoms with Crippen molar-refractivity contribution in [3.63, 3.8) is 0 Å². The zero-order valence-electron chi connectivity index (χ0n) is 10.5. The third kappa shape index (κ3) is 2.26. The molecule has 1 saturated heterocycles. The number of hydrogen-bond acceptors (Lipinski definition) is 4. The fourth-order valence-corrected chi connectivity index (χ4v) is 2.20. The molecule has 2 aromatic heterocycles. The maximum Gasteiger partial charge on any atom is 0.133 e. The lowest BCUT2D eigenvalue weighted by atomic mass is 9.99. The fourth-order valence-electron chi connectivity index (χ4n) is 2.20. The van der Waals surface area contributed by atoms with Gasteiger partial charge in [-0.15, -0.1) is 10.2 Å². The minimum Gasteiger partial charge on any atom is -0.316 e. The molecule has 0 radical (unpaired) electrons. The summed E-state index contributed by atoms with van der Waals surface area (Å²) in [5.74, 6) is 2.79. The zero-order valence-corrected chi connectivity index (χ0v) is 10.5.